The highest BCUT2D eigenvalue weighted by Gasteiger charge is 2.36. The summed E-state index contributed by atoms with van der Waals surface area (Å²) in [7, 11) is 0. The number of rotatable bonds is 6. The van der Waals surface area contributed by atoms with Crippen molar-refractivity contribution < 1.29 is 19.1 Å². The van der Waals surface area contributed by atoms with Crippen LogP contribution < -0.4 is 10.6 Å². The Kier molecular flexibility index (Phi) is 6.34. The zero-order valence-corrected chi connectivity index (χ0v) is 16.0. The number of para-hydroxylation sites is 2. The molecule has 2 aromatic rings. The van der Waals surface area contributed by atoms with E-state index >= 15 is 0 Å². The Hall–Kier alpha value is -3.15. The van der Waals surface area contributed by atoms with E-state index in [0.717, 1.165) is 5.56 Å². The predicted molar refractivity (Wildman–Crippen MR) is 105 cm³/mol. The SMILES string of the molecule is CCOC(=O)c1ccccc1NC(=O)C(C)(C)C(=O)Nc1ccccc1C. The Balaban J connectivity index is 2.18. The Morgan fingerprint density at radius 2 is 1.41 bits per heavy atom. The Morgan fingerprint density at radius 1 is 0.889 bits per heavy atom. The zero-order chi connectivity index (χ0) is 20.0. The molecule has 27 heavy (non-hydrogen) atoms. The van der Waals surface area contributed by atoms with Crippen LogP contribution in [0.25, 0.3) is 0 Å². The third-order valence-corrected chi connectivity index (χ3v) is 4.20. The van der Waals surface area contributed by atoms with Gasteiger partial charge in [0.05, 0.1) is 17.9 Å². The average molecular weight is 368 g/mol. The monoisotopic (exact) mass is 368 g/mol. The van der Waals surface area contributed by atoms with Crippen LogP contribution in [0, 0.1) is 12.3 Å². The molecule has 0 aromatic heterocycles. The predicted octanol–water partition coefficient (Wildman–Crippen LogP) is 3.78. The van der Waals surface area contributed by atoms with Gasteiger partial charge in [0.1, 0.15) is 5.41 Å². The van der Waals surface area contributed by atoms with E-state index in [1.807, 2.05) is 25.1 Å². The normalized spacial score (nSPS) is 10.8. The summed E-state index contributed by atoms with van der Waals surface area (Å²) < 4.78 is 5.01. The molecular formula is C21H24N2O4. The second-order valence-electron chi connectivity index (χ2n) is 6.61. The number of hydrogen-bond donors (Lipinski definition) is 2. The van der Waals surface area contributed by atoms with Gasteiger partial charge in [-0.15, -0.1) is 0 Å². The zero-order valence-electron chi connectivity index (χ0n) is 16.0. The van der Waals surface area contributed by atoms with Crippen LogP contribution in [-0.4, -0.2) is 24.4 Å². The van der Waals surface area contributed by atoms with E-state index in [9.17, 15) is 14.4 Å². The van der Waals surface area contributed by atoms with Crippen molar-refractivity contribution in [1.82, 2.24) is 0 Å². The van der Waals surface area contributed by atoms with Crippen LogP contribution in [0.3, 0.4) is 0 Å². The minimum atomic E-state index is -1.36. The molecule has 142 valence electrons. The van der Waals surface area contributed by atoms with Crippen molar-refractivity contribution >= 4 is 29.2 Å². The van der Waals surface area contributed by atoms with Crippen molar-refractivity contribution in [2.75, 3.05) is 17.2 Å². The van der Waals surface area contributed by atoms with E-state index in [-0.39, 0.29) is 12.2 Å². The fourth-order valence-corrected chi connectivity index (χ4v) is 2.35. The van der Waals surface area contributed by atoms with E-state index in [1.165, 1.54) is 13.8 Å². The maximum absolute atomic E-state index is 12.8. The van der Waals surface area contributed by atoms with Crippen LogP contribution in [0.1, 0.15) is 36.7 Å². The average Bonchev–Trinajstić information content (AvgIpc) is 2.64. The molecule has 0 aliphatic heterocycles. The number of aryl methyl sites for hydroxylation is 1. The van der Waals surface area contributed by atoms with Gasteiger partial charge < -0.3 is 15.4 Å². The topological polar surface area (TPSA) is 84.5 Å². The van der Waals surface area contributed by atoms with Crippen LogP contribution in [0.5, 0.6) is 0 Å². The van der Waals surface area contributed by atoms with Gasteiger partial charge in [-0.25, -0.2) is 4.79 Å². The largest absolute Gasteiger partial charge is 0.462 e. The maximum atomic E-state index is 12.8. The molecule has 2 amide bonds. The number of anilines is 2. The summed E-state index contributed by atoms with van der Waals surface area (Å²) in [5.41, 5.74) is 0.731. The number of benzene rings is 2. The Morgan fingerprint density at radius 3 is 2.00 bits per heavy atom. The van der Waals surface area contributed by atoms with Gasteiger partial charge in [-0.2, -0.15) is 0 Å². The maximum Gasteiger partial charge on any atom is 0.340 e. The molecule has 0 bridgehead atoms. The Labute approximate surface area is 158 Å². The van der Waals surface area contributed by atoms with Gasteiger partial charge >= 0.3 is 5.97 Å². The molecule has 6 heteroatoms. The second kappa shape index (κ2) is 8.49. The molecule has 0 heterocycles. The van der Waals surface area contributed by atoms with Crippen molar-refractivity contribution in [1.29, 1.82) is 0 Å². The summed E-state index contributed by atoms with van der Waals surface area (Å²) in [6, 6.07) is 13.9. The molecular weight excluding hydrogens is 344 g/mol. The summed E-state index contributed by atoms with van der Waals surface area (Å²) in [6.07, 6.45) is 0. The molecule has 0 aliphatic carbocycles. The summed E-state index contributed by atoms with van der Waals surface area (Å²) in [5, 5.41) is 5.45. The van der Waals surface area contributed by atoms with E-state index in [4.69, 9.17) is 4.74 Å². The molecule has 0 saturated heterocycles. The fourth-order valence-electron chi connectivity index (χ4n) is 2.35. The van der Waals surface area contributed by atoms with Gasteiger partial charge in [-0.1, -0.05) is 30.3 Å². The second-order valence-corrected chi connectivity index (χ2v) is 6.61. The standard InChI is InChI=1S/C21H24N2O4/c1-5-27-18(24)15-11-7-9-13-17(15)23-20(26)21(3,4)19(25)22-16-12-8-6-10-14(16)2/h6-13H,5H2,1-4H3,(H,22,25)(H,23,26). The highest BCUT2D eigenvalue weighted by atomic mass is 16.5. The molecule has 0 spiro atoms. The molecule has 0 radical (unpaired) electrons. The molecule has 6 nitrogen and oxygen atoms in total. The molecule has 0 unspecified atom stereocenters. The van der Waals surface area contributed by atoms with Gasteiger partial charge in [0.25, 0.3) is 0 Å². The van der Waals surface area contributed by atoms with Crippen molar-refractivity contribution in [2.24, 2.45) is 5.41 Å². The van der Waals surface area contributed by atoms with Crippen molar-refractivity contribution in [2.45, 2.75) is 27.7 Å². The molecule has 2 N–H and O–H groups in total. The van der Waals surface area contributed by atoms with Crippen LogP contribution in [0.2, 0.25) is 0 Å². The van der Waals surface area contributed by atoms with Crippen molar-refractivity contribution in [3.63, 3.8) is 0 Å². The molecule has 0 fully saturated rings. The summed E-state index contributed by atoms with van der Waals surface area (Å²) in [5.74, 6) is -1.50. The smallest absolute Gasteiger partial charge is 0.340 e. The van der Waals surface area contributed by atoms with Crippen LogP contribution in [-0.2, 0) is 14.3 Å². The van der Waals surface area contributed by atoms with Crippen LogP contribution in [0.4, 0.5) is 11.4 Å². The highest BCUT2D eigenvalue weighted by molar-refractivity contribution is 6.15. The molecule has 0 saturated carbocycles. The van der Waals surface area contributed by atoms with Gasteiger partial charge in [0, 0.05) is 5.69 Å². The lowest BCUT2D eigenvalue weighted by atomic mass is 9.90. The van der Waals surface area contributed by atoms with Gasteiger partial charge in [-0.05, 0) is 51.5 Å². The summed E-state index contributed by atoms with van der Waals surface area (Å²) in [6.45, 7) is 6.87. The van der Waals surface area contributed by atoms with Crippen molar-refractivity contribution in [3.8, 4) is 0 Å². The fraction of sp³-hybridized carbons (Fsp3) is 0.286. The lowest BCUT2D eigenvalue weighted by molar-refractivity contribution is -0.135. The van der Waals surface area contributed by atoms with Crippen molar-refractivity contribution in [3.05, 3.63) is 59.7 Å². The highest BCUT2D eigenvalue weighted by Crippen LogP contribution is 2.24. The summed E-state index contributed by atoms with van der Waals surface area (Å²) in [4.78, 5) is 37.5. The van der Waals surface area contributed by atoms with Crippen LogP contribution >= 0.6 is 0 Å². The molecule has 2 rings (SSSR count). The minimum absolute atomic E-state index is 0.228. The molecule has 0 atom stereocenters. The van der Waals surface area contributed by atoms with E-state index in [1.54, 1.807) is 37.3 Å². The first-order valence-corrected chi connectivity index (χ1v) is 8.72. The van der Waals surface area contributed by atoms with Gasteiger partial charge in [0.2, 0.25) is 11.8 Å². The number of carbonyl (C=O) groups excluding carboxylic acids is 3. The lowest BCUT2D eigenvalue weighted by Gasteiger charge is -2.23. The number of esters is 1. The summed E-state index contributed by atoms with van der Waals surface area (Å²) >= 11 is 0. The number of carbonyl (C=O) groups is 3. The minimum Gasteiger partial charge on any atom is -0.462 e. The number of nitrogens with one attached hydrogen (secondary N) is 2. The number of hydrogen-bond acceptors (Lipinski definition) is 4. The number of ether oxygens (including phenoxy) is 1. The van der Waals surface area contributed by atoms with E-state index in [0.29, 0.717) is 11.4 Å². The van der Waals surface area contributed by atoms with Crippen LogP contribution in [0.15, 0.2) is 48.5 Å². The quantitative estimate of drug-likeness (QED) is 0.600. The molecule has 2 aromatic carbocycles. The lowest BCUT2D eigenvalue weighted by Crippen LogP contribution is -2.42. The number of amides is 2. The van der Waals surface area contributed by atoms with E-state index in [2.05, 4.69) is 10.6 Å². The first kappa shape index (κ1) is 20.2. The Bertz CT molecular complexity index is 859. The van der Waals surface area contributed by atoms with Gasteiger partial charge in [0.15, 0.2) is 0 Å². The third kappa shape index (κ3) is 4.73. The first-order valence-electron chi connectivity index (χ1n) is 8.72. The third-order valence-electron chi connectivity index (χ3n) is 4.20. The van der Waals surface area contributed by atoms with Gasteiger partial charge in [-0.3, -0.25) is 9.59 Å². The molecule has 0 aliphatic rings. The first-order chi connectivity index (χ1) is 12.8. The van der Waals surface area contributed by atoms with E-state index < -0.39 is 23.2 Å².